The number of carbonyl (C=O) groups is 2. The summed E-state index contributed by atoms with van der Waals surface area (Å²) < 4.78 is 28.3. The molecule has 1 aromatic rings. The van der Waals surface area contributed by atoms with Crippen molar-refractivity contribution in [2.75, 3.05) is 0 Å². The highest BCUT2D eigenvalue weighted by Crippen LogP contribution is 2.26. The Labute approximate surface area is 126 Å². The lowest BCUT2D eigenvalue weighted by Gasteiger charge is -2.17. The first-order chi connectivity index (χ1) is 10.5. The average molecular weight is 313 g/mol. The largest absolute Gasteiger partial charge is 0.481 e. The highest BCUT2D eigenvalue weighted by molar-refractivity contribution is 5.80. The second-order valence-electron chi connectivity index (χ2n) is 5.25. The smallest absolute Gasteiger partial charge is 0.387 e. The molecular weight excluding hydrogens is 296 g/mol. The van der Waals surface area contributed by atoms with Gasteiger partial charge in [0.15, 0.2) is 0 Å². The van der Waals surface area contributed by atoms with Gasteiger partial charge in [-0.25, -0.2) is 0 Å². The molecule has 22 heavy (non-hydrogen) atoms. The number of amides is 1. The minimum atomic E-state index is -2.88. The molecule has 7 heteroatoms. The normalized spacial score (nSPS) is 20.9. The van der Waals surface area contributed by atoms with Crippen molar-refractivity contribution in [1.82, 2.24) is 5.32 Å². The van der Waals surface area contributed by atoms with E-state index in [1.165, 1.54) is 24.3 Å². The van der Waals surface area contributed by atoms with E-state index in [2.05, 4.69) is 10.1 Å². The average Bonchev–Trinajstić information content (AvgIpc) is 2.88. The molecule has 0 heterocycles. The molecule has 2 N–H and O–H groups in total. The third kappa shape index (κ3) is 4.41. The van der Waals surface area contributed by atoms with Gasteiger partial charge < -0.3 is 15.2 Å². The van der Waals surface area contributed by atoms with E-state index in [1.807, 2.05) is 0 Å². The van der Waals surface area contributed by atoms with Crippen LogP contribution < -0.4 is 10.1 Å². The lowest BCUT2D eigenvalue weighted by Crippen LogP contribution is -2.40. The van der Waals surface area contributed by atoms with Crippen molar-refractivity contribution in [1.29, 1.82) is 0 Å². The Morgan fingerprint density at radius 3 is 2.55 bits per heavy atom. The summed E-state index contributed by atoms with van der Waals surface area (Å²) in [7, 11) is 0. The van der Waals surface area contributed by atoms with Crippen LogP contribution in [-0.2, 0) is 16.0 Å². The molecule has 1 amide bonds. The maximum atomic E-state index is 12.0. The molecule has 2 atom stereocenters. The molecule has 5 nitrogen and oxygen atoms in total. The molecule has 1 aromatic carbocycles. The van der Waals surface area contributed by atoms with E-state index in [1.54, 1.807) is 0 Å². The third-order valence-electron chi connectivity index (χ3n) is 3.69. The number of hydrogen-bond donors (Lipinski definition) is 2. The fraction of sp³-hybridized carbons (Fsp3) is 0.467. The summed E-state index contributed by atoms with van der Waals surface area (Å²) in [5.41, 5.74) is 0.643. The van der Waals surface area contributed by atoms with Gasteiger partial charge in [-0.2, -0.15) is 8.78 Å². The maximum absolute atomic E-state index is 12.0. The Morgan fingerprint density at radius 2 is 1.95 bits per heavy atom. The van der Waals surface area contributed by atoms with Gasteiger partial charge in [-0.1, -0.05) is 18.6 Å². The monoisotopic (exact) mass is 313 g/mol. The van der Waals surface area contributed by atoms with Gasteiger partial charge in [0.25, 0.3) is 0 Å². The fourth-order valence-electron chi connectivity index (χ4n) is 2.66. The number of carbonyl (C=O) groups excluding carboxylic acids is 1. The molecule has 1 aliphatic carbocycles. The van der Waals surface area contributed by atoms with Gasteiger partial charge in [0, 0.05) is 6.04 Å². The van der Waals surface area contributed by atoms with Crippen LogP contribution in [0, 0.1) is 5.92 Å². The van der Waals surface area contributed by atoms with E-state index in [0.717, 1.165) is 6.42 Å². The maximum Gasteiger partial charge on any atom is 0.387 e. The van der Waals surface area contributed by atoms with Crippen molar-refractivity contribution in [3.8, 4) is 5.75 Å². The van der Waals surface area contributed by atoms with Gasteiger partial charge in [-0.3, -0.25) is 9.59 Å². The van der Waals surface area contributed by atoms with Gasteiger partial charge in [-0.15, -0.1) is 0 Å². The highest BCUT2D eigenvalue weighted by atomic mass is 19.3. The molecule has 120 valence electrons. The van der Waals surface area contributed by atoms with Crippen LogP contribution in [0.25, 0.3) is 0 Å². The van der Waals surface area contributed by atoms with E-state index in [4.69, 9.17) is 5.11 Å². The minimum absolute atomic E-state index is 0.0286. The van der Waals surface area contributed by atoms with Crippen molar-refractivity contribution in [3.05, 3.63) is 29.8 Å². The molecule has 1 saturated carbocycles. The lowest BCUT2D eigenvalue weighted by molar-refractivity contribution is -0.142. The molecule has 0 aromatic heterocycles. The number of aliphatic carboxylic acids is 1. The molecular formula is C15H17F2NO4. The van der Waals surface area contributed by atoms with Gasteiger partial charge in [0.2, 0.25) is 5.91 Å². The van der Waals surface area contributed by atoms with Crippen LogP contribution in [0.2, 0.25) is 0 Å². The number of ether oxygens (including phenoxy) is 1. The Balaban J connectivity index is 1.88. The summed E-state index contributed by atoms with van der Waals surface area (Å²) in [6.07, 6.45) is 2.07. The van der Waals surface area contributed by atoms with Crippen LogP contribution in [0.5, 0.6) is 5.75 Å². The summed E-state index contributed by atoms with van der Waals surface area (Å²) in [6.45, 7) is -2.88. The number of carboxylic acids is 1. The SMILES string of the molecule is O=C(Cc1ccc(OC(F)F)cc1)N[C@H]1CCC[C@H]1C(=O)O. The van der Waals surface area contributed by atoms with Crippen LogP contribution in [0.4, 0.5) is 8.78 Å². The quantitative estimate of drug-likeness (QED) is 0.844. The van der Waals surface area contributed by atoms with Gasteiger partial charge in [-0.05, 0) is 30.5 Å². The Hall–Kier alpha value is -2.18. The first-order valence-corrected chi connectivity index (χ1v) is 7.01. The standard InChI is InChI=1S/C15H17F2NO4/c16-15(17)22-10-6-4-9(5-7-10)8-13(19)18-12-3-1-2-11(12)14(20)21/h4-7,11-12,15H,1-3,8H2,(H,18,19)(H,20,21)/t11-,12+/m1/s1. The first-order valence-electron chi connectivity index (χ1n) is 7.01. The number of benzene rings is 1. The van der Waals surface area contributed by atoms with Gasteiger partial charge in [0.1, 0.15) is 5.75 Å². The number of hydrogen-bond acceptors (Lipinski definition) is 3. The number of alkyl halides is 2. The van der Waals surface area contributed by atoms with Crippen molar-refractivity contribution in [3.63, 3.8) is 0 Å². The van der Waals surface area contributed by atoms with Crippen LogP contribution >= 0.6 is 0 Å². The van der Waals surface area contributed by atoms with E-state index >= 15 is 0 Å². The van der Waals surface area contributed by atoms with Crippen LogP contribution in [-0.4, -0.2) is 29.6 Å². The molecule has 0 radical (unpaired) electrons. The fourth-order valence-corrected chi connectivity index (χ4v) is 2.66. The number of carboxylic acid groups (broad SMARTS) is 1. The number of rotatable bonds is 6. The minimum Gasteiger partial charge on any atom is -0.481 e. The van der Waals surface area contributed by atoms with Crippen molar-refractivity contribution < 1.29 is 28.2 Å². The number of nitrogens with one attached hydrogen (secondary N) is 1. The van der Waals surface area contributed by atoms with Gasteiger partial charge in [0.05, 0.1) is 12.3 Å². The molecule has 0 saturated heterocycles. The number of halogens is 2. The third-order valence-corrected chi connectivity index (χ3v) is 3.69. The van der Waals surface area contributed by atoms with Crippen LogP contribution in [0.3, 0.4) is 0 Å². The Bertz CT molecular complexity index is 533. The molecule has 0 bridgehead atoms. The van der Waals surface area contributed by atoms with E-state index < -0.39 is 18.5 Å². The summed E-state index contributed by atoms with van der Waals surface area (Å²) in [6, 6.07) is 5.45. The van der Waals surface area contributed by atoms with E-state index in [9.17, 15) is 18.4 Å². The summed E-state index contributed by atoms with van der Waals surface area (Å²) in [4.78, 5) is 23.0. The summed E-state index contributed by atoms with van der Waals surface area (Å²) in [5.74, 6) is -1.68. The molecule has 0 spiro atoms. The van der Waals surface area contributed by atoms with E-state index in [-0.39, 0.29) is 24.1 Å². The summed E-state index contributed by atoms with van der Waals surface area (Å²) >= 11 is 0. The zero-order valence-corrected chi connectivity index (χ0v) is 11.8. The predicted molar refractivity (Wildman–Crippen MR) is 73.7 cm³/mol. The molecule has 0 aliphatic heterocycles. The van der Waals surface area contributed by atoms with Crippen molar-refractivity contribution >= 4 is 11.9 Å². The molecule has 1 fully saturated rings. The van der Waals surface area contributed by atoms with Crippen molar-refractivity contribution in [2.45, 2.75) is 38.3 Å². The zero-order valence-electron chi connectivity index (χ0n) is 11.8. The second kappa shape index (κ2) is 7.20. The van der Waals surface area contributed by atoms with E-state index in [0.29, 0.717) is 18.4 Å². The molecule has 0 unspecified atom stereocenters. The molecule has 2 rings (SSSR count). The second-order valence-corrected chi connectivity index (χ2v) is 5.25. The van der Waals surface area contributed by atoms with Crippen LogP contribution in [0.15, 0.2) is 24.3 Å². The molecule has 1 aliphatic rings. The van der Waals surface area contributed by atoms with Gasteiger partial charge >= 0.3 is 12.6 Å². The Kier molecular flexibility index (Phi) is 5.30. The van der Waals surface area contributed by atoms with Crippen LogP contribution in [0.1, 0.15) is 24.8 Å². The Morgan fingerprint density at radius 1 is 1.27 bits per heavy atom. The zero-order chi connectivity index (χ0) is 16.1. The lowest BCUT2D eigenvalue weighted by atomic mass is 10.0. The first kappa shape index (κ1) is 16.2. The highest BCUT2D eigenvalue weighted by Gasteiger charge is 2.33. The topological polar surface area (TPSA) is 75.6 Å². The summed E-state index contributed by atoms with van der Waals surface area (Å²) in [5, 5.41) is 11.8. The predicted octanol–water partition coefficient (Wildman–Crippen LogP) is 2.20. The van der Waals surface area contributed by atoms with Crippen molar-refractivity contribution in [2.24, 2.45) is 5.92 Å².